The molecule has 0 spiro atoms. The van der Waals surface area contributed by atoms with Crippen molar-refractivity contribution in [3.05, 3.63) is 63.5 Å². The Morgan fingerprint density at radius 2 is 1.81 bits per heavy atom. The number of nitrogens with one attached hydrogen (secondary N) is 1. The van der Waals surface area contributed by atoms with Crippen molar-refractivity contribution in [3.8, 4) is 5.75 Å². The number of carbonyl (C=O) groups is 4. The lowest BCUT2D eigenvalue weighted by Gasteiger charge is -2.13. The van der Waals surface area contributed by atoms with Crippen molar-refractivity contribution in [2.24, 2.45) is 0 Å². The summed E-state index contributed by atoms with van der Waals surface area (Å²) in [6.07, 6.45) is 4.27. The summed E-state index contributed by atoms with van der Waals surface area (Å²) < 4.78 is 10.7. The maximum Gasteiger partial charge on any atom is 0.339 e. The average Bonchev–Trinajstić information content (AvgIpc) is 3.12. The quantitative estimate of drug-likeness (QED) is 0.224. The molecule has 0 aliphatic carbocycles. The Morgan fingerprint density at radius 1 is 1.06 bits per heavy atom. The van der Waals surface area contributed by atoms with E-state index in [1.165, 1.54) is 18.2 Å². The number of imide groups is 1. The molecule has 1 heterocycles. The summed E-state index contributed by atoms with van der Waals surface area (Å²) in [7, 11) is 0. The third-order valence-corrected chi connectivity index (χ3v) is 6.26. The fourth-order valence-electron chi connectivity index (χ4n) is 3.16. The van der Waals surface area contributed by atoms with Crippen LogP contribution in [0.2, 0.25) is 5.02 Å². The number of carbonyl (C=O) groups excluding carboxylic acids is 4. The second-order valence-electron chi connectivity index (χ2n) is 7.92. The second-order valence-corrected chi connectivity index (χ2v) is 9.32. The highest BCUT2D eigenvalue weighted by Gasteiger charge is 2.36. The van der Waals surface area contributed by atoms with E-state index in [4.69, 9.17) is 21.1 Å². The van der Waals surface area contributed by atoms with E-state index >= 15 is 0 Å². The zero-order valence-electron chi connectivity index (χ0n) is 20.0. The van der Waals surface area contributed by atoms with Crippen LogP contribution in [0.3, 0.4) is 0 Å². The van der Waals surface area contributed by atoms with E-state index in [-0.39, 0.29) is 27.8 Å². The molecule has 0 radical (unpaired) electrons. The first-order valence-corrected chi connectivity index (χ1v) is 12.8. The molecular formula is C26H27ClN2O6S. The van der Waals surface area contributed by atoms with Gasteiger partial charge >= 0.3 is 5.97 Å². The third-order valence-electron chi connectivity index (χ3n) is 5.03. The maximum atomic E-state index is 12.8. The van der Waals surface area contributed by atoms with Crippen LogP contribution in [0.1, 0.15) is 49.0 Å². The normalized spacial score (nSPS) is 14.3. The first kappa shape index (κ1) is 27.3. The maximum absolute atomic E-state index is 12.8. The van der Waals surface area contributed by atoms with Crippen LogP contribution < -0.4 is 10.1 Å². The number of thioether (sulfide) groups is 1. The van der Waals surface area contributed by atoms with E-state index in [2.05, 4.69) is 12.2 Å². The van der Waals surface area contributed by atoms with Gasteiger partial charge in [0.25, 0.3) is 11.1 Å². The van der Waals surface area contributed by atoms with Gasteiger partial charge in [-0.05, 0) is 66.6 Å². The van der Waals surface area contributed by atoms with Crippen molar-refractivity contribution in [1.82, 2.24) is 4.90 Å². The Bertz CT molecular complexity index is 1170. The van der Waals surface area contributed by atoms with Gasteiger partial charge in [0.1, 0.15) is 12.3 Å². The smallest absolute Gasteiger partial charge is 0.339 e. The Labute approximate surface area is 219 Å². The number of amides is 3. The van der Waals surface area contributed by atoms with Crippen molar-refractivity contribution >= 4 is 58.1 Å². The number of hydrogen-bond acceptors (Lipinski definition) is 7. The van der Waals surface area contributed by atoms with Crippen LogP contribution in [-0.4, -0.2) is 47.7 Å². The SMILES string of the molecule is CCCCOc1ccc(/C=C2\SC(=O)N(CC(=O)Nc3ccc(Cl)c(C(=O)OCCC)c3)C2=O)cc1. The summed E-state index contributed by atoms with van der Waals surface area (Å²) in [6.45, 7) is 4.37. The van der Waals surface area contributed by atoms with E-state index in [1.807, 2.05) is 6.92 Å². The van der Waals surface area contributed by atoms with Crippen LogP contribution in [0.25, 0.3) is 6.08 Å². The number of halogens is 1. The van der Waals surface area contributed by atoms with E-state index in [0.717, 1.165) is 40.8 Å². The van der Waals surface area contributed by atoms with Crippen LogP contribution in [0, 0.1) is 0 Å². The highest BCUT2D eigenvalue weighted by molar-refractivity contribution is 8.18. The van der Waals surface area contributed by atoms with Crippen molar-refractivity contribution in [3.63, 3.8) is 0 Å². The molecule has 0 unspecified atom stereocenters. The minimum absolute atomic E-state index is 0.110. The summed E-state index contributed by atoms with van der Waals surface area (Å²) in [6, 6.07) is 11.6. The standard InChI is InChI=1S/C26H27ClN2O6S/c1-3-5-13-34-19-9-6-17(7-10-19)14-22-24(31)29(26(33)36-22)16-23(30)28-18-8-11-21(27)20(15-18)25(32)35-12-4-2/h6-11,14-15H,3-5,12-13,16H2,1-2H3,(H,28,30)/b22-14-. The summed E-state index contributed by atoms with van der Waals surface area (Å²) in [5.41, 5.74) is 1.13. The molecule has 1 fully saturated rings. The van der Waals surface area contributed by atoms with Crippen molar-refractivity contribution in [2.75, 3.05) is 25.1 Å². The number of rotatable bonds is 11. The number of benzene rings is 2. The molecular weight excluding hydrogens is 504 g/mol. The number of esters is 1. The van der Waals surface area contributed by atoms with Crippen molar-refractivity contribution in [1.29, 1.82) is 0 Å². The van der Waals surface area contributed by atoms with E-state index in [0.29, 0.717) is 13.0 Å². The van der Waals surface area contributed by atoms with Gasteiger partial charge in [0, 0.05) is 5.69 Å². The van der Waals surface area contributed by atoms with Crippen LogP contribution in [-0.2, 0) is 14.3 Å². The minimum Gasteiger partial charge on any atom is -0.494 e. The predicted molar refractivity (Wildman–Crippen MR) is 140 cm³/mol. The molecule has 0 saturated carbocycles. The van der Waals surface area contributed by atoms with E-state index in [9.17, 15) is 19.2 Å². The molecule has 0 bridgehead atoms. The van der Waals surface area contributed by atoms with Crippen LogP contribution in [0.15, 0.2) is 47.4 Å². The summed E-state index contributed by atoms with van der Waals surface area (Å²) in [5.74, 6) is -1.02. The highest BCUT2D eigenvalue weighted by atomic mass is 35.5. The second kappa shape index (κ2) is 13.1. The first-order chi connectivity index (χ1) is 17.3. The molecule has 0 atom stereocenters. The molecule has 3 amide bonds. The molecule has 1 saturated heterocycles. The molecule has 2 aromatic rings. The van der Waals surface area contributed by atoms with Crippen LogP contribution >= 0.6 is 23.4 Å². The summed E-state index contributed by atoms with van der Waals surface area (Å²) in [4.78, 5) is 51.0. The van der Waals surface area contributed by atoms with Gasteiger partial charge in [-0.25, -0.2) is 4.79 Å². The molecule has 8 nitrogen and oxygen atoms in total. The first-order valence-electron chi connectivity index (χ1n) is 11.6. The molecule has 1 aliphatic rings. The monoisotopic (exact) mass is 530 g/mol. The summed E-state index contributed by atoms with van der Waals surface area (Å²) >= 11 is 6.85. The molecule has 36 heavy (non-hydrogen) atoms. The summed E-state index contributed by atoms with van der Waals surface area (Å²) in [5, 5.41) is 2.23. The fourth-order valence-corrected chi connectivity index (χ4v) is 4.19. The number of hydrogen-bond donors (Lipinski definition) is 1. The Hall–Kier alpha value is -3.30. The molecule has 10 heteroatoms. The van der Waals surface area contributed by atoms with Gasteiger partial charge in [-0.15, -0.1) is 0 Å². The topological polar surface area (TPSA) is 102 Å². The van der Waals surface area contributed by atoms with E-state index < -0.39 is 29.6 Å². The van der Waals surface area contributed by atoms with Gasteiger partial charge in [-0.2, -0.15) is 0 Å². The van der Waals surface area contributed by atoms with Crippen molar-refractivity contribution in [2.45, 2.75) is 33.1 Å². The molecule has 0 aromatic heterocycles. The Kier molecular flexibility index (Phi) is 9.95. The average molecular weight is 531 g/mol. The Balaban J connectivity index is 1.62. The number of anilines is 1. The highest BCUT2D eigenvalue weighted by Crippen LogP contribution is 2.32. The van der Waals surface area contributed by atoms with Crippen LogP contribution in [0.5, 0.6) is 5.75 Å². The lowest BCUT2D eigenvalue weighted by atomic mass is 10.2. The molecule has 190 valence electrons. The minimum atomic E-state index is -0.602. The largest absolute Gasteiger partial charge is 0.494 e. The van der Waals surface area contributed by atoms with Crippen molar-refractivity contribution < 1.29 is 28.7 Å². The van der Waals surface area contributed by atoms with Crippen LogP contribution in [0.4, 0.5) is 10.5 Å². The Morgan fingerprint density at radius 3 is 2.50 bits per heavy atom. The molecule has 1 N–H and O–H groups in total. The molecule has 1 aliphatic heterocycles. The number of ether oxygens (including phenoxy) is 2. The number of unbranched alkanes of at least 4 members (excludes halogenated alkanes) is 1. The lowest BCUT2D eigenvalue weighted by Crippen LogP contribution is -2.36. The van der Waals surface area contributed by atoms with Gasteiger partial charge in [0.2, 0.25) is 5.91 Å². The third kappa shape index (κ3) is 7.35. The van der Waals surface area contributed by atoms with Gasteiger partial charge < -0.3 is 14.8 Å². The fraction of sp³-hybridized carbons (Fsp3) is 0.308. The van der Waals surface area contributed by atoms with Gasteiger partial charge in [-0.3, -0.25) is 19.3 Å². The predicted octanol–water partition coefficient (Wildman–Crippen LogP) is 5.76. The lowest BCUT2D eigenvalue weighted by molar-refractivity contribution is -0.127. The van der Waals surface area contributed by atoms with E-state index in [1.54, 1.807) is 30.3 Å². The van der Waals surface area contributed by atoms with Gasteiger partial charge in [0.05, 0.1) is 28.7 Å². The van der Waals surface area contributed by atoms with Gasteiger partial charge in [-0.1, -0.05) is 44.0 Å². The molecule has 3 rings (SSSR count). The zero-order chi connectivity index (χ0) is 26.1. The zero-order valence-corrected chi connectivity index (χ0v) is 21.6. The number of nitrogens with zero attached hydrogens (tertiary/aromatic N) is 1. The van der Waals surface area contributed by atoms with Gasteiger partial charge in [0.15, 0.2) is 0 Å². The molecule has 2 aromatic carbocycles.